The molecule has 1 aliphatic rings. The first-order valence-electron chi connectivity index (χ1n) is 3.51. The first-order valence-corrected chi connectivity index (χ1v) is 3.51. The van der Waals surface area contributed by atoms with Gasteiger partial charge in [0, 0.05) is 12.6 Å². The van der Waals surface area contributed by atoms with Crippen LogP contribution in [0.25, 0.3) is 0 Å². The van der Waals surface area contributed by atoms with Crippen molar-refractivity contribution in [3.63, 3.8) is 0 Å². The van der Waals surface area contributed by atoms with E-state index in [1.165, 1.54) is 0 Å². The quantitative estimate of drug-likeness (QED) is 0.487. The Morgan fingerprint density at radius 3 is 2.50 bits per heavy atom. The van der Waals surface area contributed by atoms with Crippen LogP contribution in [0.2, 0.25) is 0 Å². The lowest BCUT2D eigenvalue weighted by Crippen LogP contribution is -2.50. The number of nitrogens with zero attached hydrogens (tertiary/aromatic N) is 1. The summed E-state index contributed by atoms with van der Waals surface area (Å²) >= 11 is 0. The average molecular weight is 197 g/mol. The second kappa shape index (κ2) is 4.49. The largest absolute Gasteiger partial charge is 0.465 e. The molecule has 1 amide bonds. The van der Waals surface area contributed by atoms with Gasteiger partial charge in [-0.05, 0) is 6.42 Å². The molecule has 0 unspecified atom stereocenters. The summed E-state index contributed by atoms with van der Waals surface area (Å²) < 4.78 is 0. The number of hydrogen-bond acceptors (Lipinski definition) is 3. The molecule has 1 rings (SSSR count). The van der Waals surface area contributed by atoms with E-state index in [0.29, 0.717) is 13.0 Å². The van der Waals surface area contributed by atoms with E-state index in [9.17, 15) is 4.79 Å². The van der Waals surface area contributed by atoms with Gasteiger partial charge >= 0.3 is 6.09 Å². The Hall–Kier alpha value is -0.520. The predicted octanol–water partition coefficient (Wildman–Crippen LogP) is -0.520. The Balaban J connectivity index is 0.00000121. The highest BCUT2D eigenvalue weighted by molar-refractivity contribution is 5.85. The molecule has 0 spiro atoms. The van der Waals surface area contributed by atoms with Crippen molar-refractivity contribution >= 4 is 18.5 Å². The van der Waals surface area contributed by atoms with Crippen LogP contribution >= 0.6 is 12.4 Å². The van der Waals surface area contributed by atoms with Crippen LogP contribution < -0.4 is 5.73 Å². The molecule has 1 saturated heterocycles. The molecule has 6 heteroatoms. The lowest BCUT2D eigenvalue weighted by molar-refractivity contribution is 0.0576. The molecule has 0 aliphatic carbocycles. The highest BCUT2D eigenvalue weighted by Gasteiger charge is 2.26. The molecule has 0 radical (unpaired) electrons. The van der Waals surface area contributed by atoms with Crippen LogP contribution in [0.3, 0.4) is 0 Å². The number of β-amino-alcohol motifs (C(OH)–C–C–N with tert-alkyl or cyclic N) is 1. The fourth-order valence-corrected chi connectivity index (χ4v) is 1.27. The Morgan fingerprint density at radius 1 is 1.50 bits per heavy atom. The van der Waals surface area contributed by atoms with Gasteiger partial charge in [-0.25, -0.2) is 4.79 Å². The number of nitrogens with two attached hydrogens (primary N) is 1. The van der Waals surface area contributed by atoms with E-state index in [1.54, 1.807) is 0 Å². The van der Waals surface area contributed by atoms with Gasteiger partial charge in [-0.1, -0.05) is 0 Å². The number of aliphatic hydroxyl groups excluding tert-OH is 1. The first kappa shape index (κ1) is 11.5. The van der Waals surface area contributed by atoms with Crippen molar-refractivity contribution in [2.45, 2.75) is 18.6 Å². The van der Waals surface area contributed by atoms with Gasteiger partial charge in [0.05, 0.1) is 12.6 Å². The van der Waals surface area contributed by atoms with Gasteiger partial charge in [0.15, 0.2) is 0 Å². The van der Waals surface area contributed by atoms with E-state index >= 15 is 0 Å². The number of piperidine rings is 1. The summed E-state index contributed by atoms with van der Waals surface area (Å²) in [6.07, 6.45) is -1.13. The normalized spacial score (nSPS) is 29.3. The Bertz CT molecular complexity index is 157. The number of aliphatic hydroxyl groups is 1. The van der Waals surface area contributed by atoms with Crippen LogP contribution in [-0.4, -0.2) is 46.4 Å². The van der Waals surface area contributed by atoms with Gasteiger partial charge in [-0.15, -0.1) is 12.4 Å². The lowest BCUT2D eigenvalue weighted by Gasteiger charge is -2.31. The van der Waals surface area contributed by atoms with Gasteiger partial charge in [-0.2, -0.15) is 0 Å². The van der Waals surface area contributed by atoms with Crippen molar-refractivity contribution < 1.29 is 15.0 Å². The number of carboxylic acid groups (broad SMARTS) is 1. The maximum Gasteiger partial charge on any atom is 0.407 e. The minimum Gasteiger partial charge on any atom is -0.465 e. The Morgan fingerprint density at radius 2 is 2.08 bits per heavy atom. The molecule has 1 heterocycles. The zero-order valence-corrected chi connectivity index (χ0v) is 7.33. The van der Waals surface area contributed by atoms with Crippen molar-refractivity contribution in [1.29, 1.82) is 0 Å². The van der Waals surface area contributed by atoms with E-state index in [1.807, 2.05) is 0 Å². The summed E-state index contributed by atoms with van der Waals surface area (Å²) in [6.45, 7) is 0.509. The highest BCUT2D eigenvalue weighted by Crippen LogP contribution is 2.08. The second-order valence-electron chi connectivity index (χ2n) is 2.84. The zero-order valence-electron chi connectivity index (χ0n) is 6.51. The van der Waals surface area contributed by atoms with Gasteiger partial charge < -0.3 is 20.8 Å². The van der Waals surface area contributed by atoms with Gasteiger partial charge in [0.25, 0.3) is 0 Å². The molecule has 1 fully saturated rings. The van der Waals surface area contributed by atoms with Crippen molar-refractivity contribution in [2.24, 2.45) is 5.73 Å². The van der Waals surface area contributed by atoms with E-state index in [2.05, 4.69) is 0 Å². The van der Waals surface area contributed by atoms with Crippen molar-refractivity contribution in [1.82, 2.24) is 4.90 Å². The van der Waals surface area contributed by atoms with E-state index in [4.69, 9.17) is 15.9 Å². The molecule has 4 N–H and O–H groups in total. The molecule has 72 valence electrons. The molecule has 1 aliphatic heterocycles. The topological polar surface area (TPSA) is 86.8 Å². The zero-order chi connectivity index (χ0) is 8.43. The van der Waals surface area contributed by atoms with Crippen LogP contribution in [-0.2, 0) is 0 Å². The molecule has 0 aromatic heterocycles. The fraction of sp³-hybridized carbons (Fsp3) is 0.833. The van der Waals surface area contributed by atoms with E-state index < -0.39 is 12.2 Å². The molecule has 0 bridgehead atoms. The monoisotopic (exact) mass is 196 g/mol. The van der Waals surface area contributed by atoms with Crippen LogP contribution in [0.15, 0.2) is 0 Å². The van der Waals surface area contributed by atoms with Crippen LogP contribution in [0.1, 0.15) is 6.42 Å². The second-order valence-corrected chi connectivity index (χ2v) is 2.84. The van der Waals surface area contributed by atoms with Gasteiger partial charge in [-0.3, -0.25) is 0 Å². The number of carbonyl (C=O) groups is 1. The third-order valence-corrected chi connectivity index (χ3v) is 1.73. The summed E-state index contributed by atoms with van der Waals surface area (Å²) in [6, 6.07) is -0.227. The molecular formula is C6H13ClN2O3. The number of rotatable bonds is 0. The summed E-state index contributed by atoms with van der Waals surface area (Å²) in [5, 5.41) is 17.6. The van der Waals surface area contributed by atoms with E-state index in [0.717, 1.165) is 4.90 Å². The number of likely N-dealkylation sites (tertiary alicyclic amines) is 1. The lowest BCUT2D eigenvalue weighted by atomic mass is 10.1. The maximum atomic E-state index is 10.4. The minimum absolute atomic E-state index is 0. The maximum absolute atomic E-state index is 10.4. The average Bonchev–Trinajstić information content (AvgIpc) is 1.85. The third-order valence-electron chi connectivity index (χ3n) is 1.73. The van der Waals surface area contributed by atoms with Crippen molar-refractivity contribution in [3.05, 3.63) is 0 Å². The number of amides is 1. The SMILES string of the molecule is Cl.N[C@@H]1C[C@@H](O)CN(C(=O)O)C1. The van der Waals surface area contributed by atoms with E-state index in [-0.39, 0.29) is 25.0 Å². The summed E-state index contributed by atoms with van der Waals surface area (Å²) in [4.78, 5) is 11.5. The first-order chi connectivity index (χ1) is 5.09. The molecule has 0 aromatic carbocycles. The third kappa shape index (κ3) is 2.84. The van der Waals surface area contributed by atoms with Crippen molar-refractivity contribution in [2.75, 3.05) is 13.1 Å². The molecular weight excluding hydrogens is 184 g/mol. The number of halogens is 1. The molecule has 5 nitrogen and oxygen atoms in total. The summed E-state index contributed by atoms with van der Waals surface area (Å²) in [5.41, 5.74) is 5.49. The molecule has 0 aromatic rings. The van der Waals surface area contributed by atoms with Gasteiger partial charge in [0.1, 0.15) is 0 Å². The van der Waals surface area contributed by atoms with Crippen LogP contribution in [0, 0.1) is 0 Å². The van der Waals surface area contributed by atoms with Crippen LogP contribution in [0.5, 0.6) is 0 Å². The predicted molar refractivity (Wildman–Crippen MR) is 45.4 cm³/mol. The minimum atomic E-state index is -1.01. The summed E-state index contributed by atoms with van der Waals surface area (Å²) in [5.74, 6) is 0. The van der Waals surface area contributed by atoms with Gasteiger partial charge in [0.2, 0.25) is 0 Å². The highest BCUT2D eigenvalue weighted by atomic mass is 35.5. The summed E-state index contributed by atoms with van der Waals surface area (Å²) in [7, 11) is 0. The Kier molecular flexibility index (Phi) is 4.30. The number of hydrogen-bond donors (Lipinski definition) is 3. The molecule has 2 atom stereocenters. The molecule has 12 heavy (non-hydrogen) atoms. The smallest absolute Gasteiger partial charge is 0.407 e. The van der Waals surface area contributed by atoms with Crippen molar-refractivity contribution in [3.8, 4) is 0 Å². The fourth-order valence-electron chi connectivity index (χ4n) is 1.27. The Labute approximate surface area is 76.6 Å². The standard InChI is InChI=1S/C6H12N2O3.ClH/c7-4-1-5(9)3-8(2-4)6(10)11;/h4-5,9H,1-3,7H2,(H,10,11);1H/t4-,5-;/m1./s1. The molecule has 0 saturated carbocycles. The van der Waals surface area contributed by atoms with Crippen LogP contribution in [0.4, 0.5) is 4.79 Å².